The predicted molar refractivity (Wildman–Crippen MR) is 152 cm³/mol. The predicted octanol–water partition coefficient (Wildman–Crippen LogP) is 4.97. The highest BCUT2D eigenvalue weighted by molar-refractivity contribution is 6.40. The zero-order valence-corrected chi connectivity index (χ0v) is 22.4. The van der Waals surface area contributed by atoms with E-state index in [1.54, 1.807) is 18.2 Å². The number of aldehydes is 1. The van der Waals surface area contributed by atoms with E-state index in [9.17, 15) is 14.4 Å². The normalized spacial score (nSPS) is 13.1. The fraction of sp³-hybridized carbons (Fsp3) is 0.269. The van der Waals surface area contributed by atoms with E-state index >= 15 is 0 Å². The number of carbonyl (C=O) groups is 3. The number of halogens is 2. The Morgan fingerprint density at radius 3 is 2.36 bits per heavy atom. The van der Waals surface area contributed by atoms with Gasteiger partial charge in [0.1, 0.15) is 17.7 Å². The molecule has 3 aromatic rings. The number of hydrogen-bond donors (Lipinski definition) is 4. The molecule has 2 aromatic carbocycles. The van der Waals surface area contributed by atoms with Gasteiger partial charge >= 0.3 is 6.09 Å². The standard InChI is InChI=1S/C26H27Cl2N7O4/c27-20-4-3-5-21(28)22(20)32-24(37)19-16-30-25(33-23(19)29-10-1-2-15-36)31-17-6-8-18(9-7-17)34-11-13-35(14-12-34)26(38)39/h3-9,15-16H,1-2,10-14H2,(H,32,37)(H,38,39)(H2,29,30,31,33). The molecule has 0 bridgehead atoms. The maximum Gasteiger partial charge on any atom is 0.407 e. The van der Waals surface area contributed by atoms with Gasteiger partial charge in [-0.15, -0.1) is 0 Å². The summed E-state index contributed by atoms with van der Waals surface area (Å²) in [4.78, 5) is 47.2. The van der Waals surface area contributed by atoms with Gasteiger partial charge in [-0.2, -0.15) is 4.98 Å². The van der Waals surface area contributed by atoms with Gasteiger partial charge in [0.15, 0.2) is 0 Å². The average molecular weight is 572 g/mol. The maximum atomic E-state index is 13.1. The van der Waals surface area contributed by atoms with E-state index in [1.807, 2.05) is 24.3 Å². The Balaban J connectivity index is 1.48. The van der Waals surface area contributed by atoms with Crippen LogP contribution in [0.25, 0.3) is 0 Å². The first-order valence-electron chi connectivity index (χ1n) is 12.3. The summed E-state index contributed by atoms with van der Waals surface area (Å²) in [6, 6.07) is 12.5. The van der Waals surface area contributed by atoms with Crippen LogP contribution < -0.4 is 20.9 Å². The van der Waals surface area contributed by atoms with Crippen LogP contribution >= 0.6 is 23.2 Å². The van der Waals surface area contributed by atoms with E-state index in [1.165, 1.54) is 11.1 Å². The first kappa shape index (κ1) is 27.9. The van der Waals surface area contributed by atoms with E-state index < -0.39 is 12.0 Å². The summed E-state index contributed by atoms with van der Waals surface area (Å²) in [7, 11) is 0. The summed E-state index contributed by atoms with van der Waals surface area (Å²) in [5.74, 6) is 0.0526. The van der Waals surface area contributed by atoms with Crippen LogP contribution in [0.15, 0.2) is 48.7 Å². The molecule has 0 unspecified atom stereocenters. The number of para-hydroxylation sites is 1. The topological polar surface area (TPSA) is 140 Å². The van der Waals surface area contributed by atoms with Crippen molar-refractivity contribution in [1.29, 1.82) is 0 Å². The molecule has 0 aliphatic carbocycles. The molecular formula is C26H27Cl2N7O4. The minimum Gasteiger partial charge on any atom is -0.465 e. The number of aromatic nitrogens is 2. The minimum absolute atomic E-state index is 0.179. The van der Waals surface area contributed by atoms with Crippen molar-refractivity contribution in [3.63, 3.8) is 0 Å². The van der Waals surface area contributed by atoms with E-state index in [-0.39, 0.29) is 23.0 Å². The van der Waals surface area contributed by atoms with Crippen molar-refractivity contribution < 1.29 is 19.5 Å². The van der Waals surface area contributed by atoms with E-state index in [2.05, 4.69) is 30.8 Å². The first-order valence-corrected chi connectivity index (χ1v) is 13.0. The maximum absolute atomic E-state index is 13.1. The van der Waals surface area contributed by atoms with Crippen molar-refractivity contribution in [3.8, 4) is 0 Å². The number of benzene rings is 2. The molecule has 0 atom stereocenters. The van der Waals surface area contributed by atoms with Gasteiger partial charge in [-0.3, -0.25) is 4.79 Å². The molecule has 1 aromatic heterocycles. The lowest BCUT2D eigenvalue weighted by Gasteiger charge is -2.34. The number of carbonyl (C=O) groups excluding carboxylic acids is 2. The molecule has 39 heavy (non-hydrogen) atoms. The molecule has 1 aliphatic rings. The van der Waals surface area contributed by atoms with Gasteiger partial charge in [-0.1, -0.05) is 29.3 Å². The van der Waals surface area contributed by atoms with Crippen molar-refractivity contribution >= 4 is 70.3 Å². The molecule has 0 saturated carbocycles. The van der Waals surface area contributed by atoms with Gasteiger partial charge < -0.3 is 35.7 Å². The number of hydrogen-bond acceptors (Lipinski definition) is 8. The van der Waals surface area contributed by atoms with Crippen LogP contribution in [-0.4, -0.2) is 71.0 Å². The summed E-state index contributed by atoms with van der Waals surface area (Å²) in [5.41, 5.74) is 2.17. The Morgan fingerprint density at radius 2 is 1.72 bits per heavy atom. The van der Waals surface area contributed by atoms with Gasteiger partial charge in [0.05, 0.1) is 15.7 Å². The van der Waals surface area contributed by atoms with Gasteiger partial charge in [0.25, 0.3) is 5.91 Å². The van der Waals surface area contributed by atoms with E-state index in [0.29, 0.717) is 55.6 Å². The second kappa shape index (κ2) is 13.1. The molecular weight excluding hydrogens is 545 g/mol. The minimum atomic E-state index is -0.900. The van der Waals surface area contributed by atoms with E-state index in [0.717, 1.165) is 17.7 Å². The Hall–Kier alpha value is -4.09. The number of piperazine rings is 1. The number of anilines is 5. The fourth-order valence-electron chi connectivity index (χ4n) is 3.97. The smallest absolute Gasteiger partial charge is 0.407 e. The summed E-state index contributed by atoms with van der Waals surface area (Å²) < 4.78 is 0. The lowest BCUT2D eigenvalue weighted by molar-refractivity contribution is -0.107. The van der Waals surface area contributed by atoms with Gasteiger partial charge in [-0.05, 0) is 42.8 Å². The monoisotopic (exact) mass is 571 g/mol. The molecule has 13 heteroatoms. The molecule has 0 spiro atoms. The molecule has 4 N–H and O–H groups in total. The number of rotatable bonds is 10. The first-order chi connectivity index (χ1) is 18.9. The zero-order valence-electron chi connectivity index (χ0n) is 20.9. The van der Waals surface area contributed by atoms with Crippen LogP contribution in [-0.2, 0) is 4.79 Å². The van der Waals surface area contributed by atoms with Gasteiger partial charge in [0.2, 0.25) is 5.95 Å². The number of amides is 2. The molecule has 2 amide bonds. The second-order valence-electron chi connectivity index (χ2n) is 8.67. The van der Waals surface area contributed by atoms with Crippen LogP contribution in [0, 0.1) is 0 Å². The number of carboxylic acid groups (broad SMARTS) is 1. The average Bonchev–Trinajstić information content (AvgIpc) is 2.94. The van der Waals surface area contributed by atoms with Crippen molar-refractivity contribution in [2.75, 3.05) is 53.6 Å². The summed E-state index contributed by atoms with van der Waals surface area (Å²) >= 11 is 12.4. The summed E-state index contributed by atoms with van der Waals surface area (Å²) in [5, 5.41) is 18.7. The lowest BCUT2D eigenvalue weighted by Crippen LogP contribution is -2.48. The van der Waals surface area contributed by atoms with Crippen LogP contribution in [0.4, 0.5) is 33.6 Å². The molecule has 11 nitrogen and oxygen atoms in total. The Bertz CT molecular complexity index is 1310. The van der Waals surface area contributed by atoms with Crippen LogP contribution in [0.1, 0.15) is 23.2 Å². The summed E-state index contributed by atoms with van der Waals surface area (Å²) in [6.45, 7) is 2.56. The van der Waals surface area contributed by atoms with Crippen LogP contribution in [0.3, 0.4) is 0 Å². The molecule has 1 aliphatic heterocycles. The SMILES string of the molecule is O=CCCCNc1nc(Nc2ccc(N3CCN(C(=O)O)CC3)cc2)ncc1C(=O)Nc1c(Cl)cccc1Cl. The molecule has 4 rings (SSSR count). The third-order valence-corrected chi connectivity index (χ3v) is 6.69. The number of nitrogens with zero attached hydrogens (tertiary/aromatic N) is 4. The zero-order chi connectivity index (χ0) is 27.8. The third-order valence-electron chi connectivity index (χ3n) is 6.06. The Labute approximate surface area is 235 Å². The molecule has 2 heterocycles. The van der Waals surface area contributed by atoms with Crippen molar-refractivity contribution in [1.82, 2.24) is 14.9 Å². The highest BCUT2D eigenvalue weighted by Crippen LogP contribution is 2.31. The third kappa shape index (κ3) is 7.27. The molecule has 0 radical (unpaired) electrons. The number of unbranched alkanes of at least 4 members (excludes halogenated alkanes) is 1. The van der Waals surface area contributed by atoms with Crippen molar-refractivity contribution in [2.24, 2.45) is 0 Å². The molecule has 204 valence electrons. The van der Waals surface area contributed by atoms with Gasteiger partial charge in [0, 0.05) is 56.7 Å². The van der Waals surface area contributed by atoms with E-state index in [4.69, 9.17) is 28.3 Å². The fourth-order valence-corrected chi connectivity index (χ4v) is 4.47. The second-order valence-corrected chi connectivity index (χ2v) is 9.49. The largest absolute Gasteiger partial charge is 0.465 e. The van der Waals surface area contributed by atoms with Gasteiger partial charge in [-0.25, -0.2) is 9.78 Å². The summed E-state index contributed by atoms with van der Waals surface area (Å²) in [6.07, 6.45) is 2.27. The highest BCUT2D eigenvalue weighted by atomic mass is 35.5. The highest BCUT2D eigenvalue weighted by Gasteiger charge is 2.21. The Kier molecular flexibility index (Phi) is 9.40. The van der Waals surface area contributed by atoms with Crippen LogP contribution in [0.5, 0.6) is 0 Å². The van der Waals surface area contributed by atoms with Crippen LogP contribution in [0.2, 0.25) is 10.0 Å². The van der Waals surface area contributed by atoms with Crippen molar-refractivity contribution in [3.05, 3.63) is 64.3 Å². The molecule has 1 saturated heterocycles. The number of nitrogens with one attached hydrogen (secondary N) is 3. The quantitative estimate of drug-likeness (QED) is 0.196. The van der Waals surface area contributed by atoms with Crippen molar-refractivity contribution in [2.45, 2.75) is 12.8 Å². The lowest BCUT2D eigenvalue weighted by atomic mass is 10.2. The Morgan fingerprint density at radius 1 is 1.03 bits per heavy atom. The molecule has 1 fully saturated rings.